The van der Waals surface area contributed by atoms with Gasteiger partial charge in [-0.25, -0.2) is 4.98 Å². The highest BCUT2D eigenvalue weighted by Gasteiger charge is 2.28. The van der Waals surface area contributed by atoms with Gasteiger partial charge < -0.3 is 14.7 Å². The van der Waals surface area contributed by atoms with E-state index >= 15 is 0 Å². The maximum absolute atomic E-state index is 13.3. The van der Waals surface area contributed by atoms with Crippen LogP contribution in [0.15, 0.2) is 18.3 Å². The number of anilines is 1. The Hall–Kier alpha value is -1.62. The average Bonchev–Trinajstić information content (AvgIpc) is 3.26. The maximum Gasteiger partial charge on any atom is 0.254 e. The van der Waals surface area contributed by atoms with Gasteiger partial charge in [0.05, 0.1) is 0 Å². The summed E-state index contributed by atoms with van der Waals surface area (Å²) >= 11 is 0. The summed E-state index contributed by atoms with van der Waals surface area (Å²) in [7, 11) is 0. The van der Waals surface area contributed by atoms with Crippen molar-refractivity contribution in [2.24, 2.45) is 0 Å². The highest BCUT2D eigenvalue weighted by molar-refractivity contribution is 5.95. The number of carbonyl (C=O) groups is 1. The number of hydrogen-bond donors (Lipinski definition) is 0. The Balaban J connectivity index is 1.43. The zero-order valence-corrected chi connectivity index (χ0v) is 16.6. The molecule has 148 valence electrons. The van der Waals surface area contributed by atoms with Crippen molar-refractivity contribution in [3.8, 4) is 0 Å². The molecule has 4 heterocycles. The van der Waals surface area contributed by atoms with Gasteiger partial charge in [0.15, 0.2) is 0 Å². The van der Waals surface area contributed by atoms with E-state index < -0.39 is 0 Å². The topological polar surface area (TPSA) is 39.7 Å². The van der Waals surface area contributed by atoms with Crippen LogP contribution in [0.3, 0.4) is 0 Å². The van der Waals surface area contributed by atoms with Crippen LogP contribution in [0.1, 0.15) is 68.1 Å². The molecule has 4 rings (SSSR count). The smallest absolute Gasteiger partial charge is 0.254 e. The predicted molar refractivity (Wildman–Crippen MR) is 109 cm³/mol. The van der Waals surface area contributed by atoms with E-state index in [9.17, 15) is 4.79 Å². The van der Waals surface area contributed by atoms with Crippen LogP contribution in [0.25, 0.3) is 0 Å². The lowest BCUT2D eigenvalue weighted by molar-refractivity contribution is 0.0588. The van der Waals surface area contributed by atoms with E-state index in [0.29, 0.717) is 6.04 Å². The lowest BCUT2D eigenvalue weighted by Crippen LogP contribution is -2.45. The Kier molecular flexibility index (Phi) is 6.28. The van der Waals surface area contributed by atoms with Crippen molar-refractivity contribution in [2.75, 3.05) is 44.2 Å². The number of hydrogen-bond acceptors (Lipinski definition) is 4. The van der Waals surface area contributed by atoms with Gasteiger partial charge in [-0.1, -0.05) is 0 Å². The zero-order valence-electron chi connectivity index (χ0n) is 16.6. The Labute approximate surface area is 163 Å². The van der Waals surface area contributed by atoms with E-state index in [-0.39, 0.29) is 5.91 Å². The molecule has 3 aliphatic heterocycles. The second-order valence-corrected chi connectivity index (χ2v) is 8.44. The minimum atomic E-state index is 0.210. The lowest BCUT2D eigenvalue weighted by Gasteiger charge is -2.37. The summed E-state index contributed by atoms with van der Waals surface area (Å²) in [5, 5.41) is 0. The summed E-state index contributed by atoms with van der Waals surface area (Å²) in [5.41, 5.74) is 0.818. The van der Waals surface area contributed by atoms with Crippen LogP contribution < -0.4 is 4.90 Å². The molecule has 0 spiro atoms. The first-order chi connectivity index (χ1) is 13.3. The molecule has 3 fully saturated rings. The van der Waals surface area contributed by atoms with Gasteiger partial charge in [-0.15, -0.1) is 0 Å². The van der Waals surface area contributed by atoms with E-state index in [0.717, 1.165) is 56.8 Å². The summed E-state index contributed by atoms with van der Waals surface area (Å²) in [6.45, 7) is 6.66. The van der Waals surface area contributed by atoms with Crippen molar-refractivity contribution in [1.82, 2.24) is 14.8 Å². The molecule has 3 aliphatic rings. The summed E-state index contributed by atoms with van der Waals surface area (Å²) in [5.74, 6) is 1.19. The zero-order chi connectivity index (χ0) is 18.5. The molecule has 0 unspecified atom stereocenters. The molecule has 3 saturated heterocycles. The number of nitrogens with zero attached hydrogens (tertiary/aromatic N) is 4. The molecule has 0 radical (unpaired) electrons. The van der Waals surface area contributed by atoms with Gasteiger partial charge in [-0.05, 0) is 83.0 Å². The van der Waals surface area contributed by atoms with Crippen LogP contribution >= 0.6 is 0 Å². The molecule has 5 nitrogen and oxygen atoms in total. The minimum Gasteiger partial charge on any atom is -0.357 e. The van der Waals surface area contributed by atoms with Crippen LogP contribution in [-0.2, 0) is 0 Å². The monoisotopic (exact) mass is 370 g/mol. The van der Waals surface area contributed by atoms with Gasteiger partial charge in [0.2, 0.25) is 0 Å². The fourth-order valence-electron chi connectivity index (χ4n) is 4.92. The summed E-state index contributed by atoms with van der Waals surface area (Å²) in [4.78, 5) is 24.9. The normalized spacial score (nSPS) is 24.4. The number of carbonyl (C=O) groups excluding carboxylic acids is 1. The number of likely N-dealkylation sites (tertiary alicyclic amines) is 2. The van der Waals surface area contributed by atoms with Crippen molar-refractivity contribution in [1.29, 1.82) is 0 Å². The molecule has 27 heavy (non-hydrogen) atoms. The second-order valence-electron chi connectivity index (χ2n) is 8.44. The lowest BCUT2D eigenvalue weighted by atomic mass is 9.98. The molecule has 0 saturated carbocycles. The van der Waals surface area contributed by atoms with E-state index in [4.69, 9.17) is 0 Å². The molecule has 1 amide bonds. The summed E-state index contributed by atoms with van der Waals surface area (Å²) in [6.07, 6.45) is 12.9. The van der Waals surface area contributed by atoms with Crippen LogP contribution in [-0.4, -0.2) is 66.0 Å². The maximum atomic E-state index is 13.3. The van der Waals surface area contributed by atoms with Crippen LogP contribution in [0.4, 0.5) is 5.82 Å². The first-order valence-electron chi connectivity index (χ1n) is 11.1. The fourth-order valence-corrected chi connectivity index (χ4v) is 4.92. The van der Waals surface area contributed by atoms with Crippen molar-refractivity contribution in [3.63, 3.8) is 0 Å². The van der Waals surface area contributed by atoms with Gasteiger partial charge in [-0.2, -0.15) is 0 Å². The molecule has 1 aromatic rings. The van der Waals surface area contributed by atoms with Crippen molar-refractivity contribution in [3.05, 3.63) is 23.9 Å². The number of pyridine rings is 1. The third-order valence-electron chi connectivity index (χ3n) is 6.54. The first kappa shape index (κ1) is 18.7. The molecule has 0 bridgehead atoms. The second kappa shape index (κ2) is 9.05. The van der Waals surface area contributed by atoms with Gasteiger partial charge in [0.25, 0.3) is 5.91 Å². The fraction of sp³-hybridized carbons (Fsp3) is 0.727. The Morgan fingerprint density at radius 2 is 1.70 bits per heavy atom. The van der Waals surface area contributed by atoms with E-state index in [1.165, 1.54) is 51.6 Å². The molecular formula is C22H34N4O. The van der Waals surface area contributed by atoms with Crippen molar-refractivity contribution < 1.29 is 4.79 Å². The van der Waals surface area contributed by atoms with Gasteiger partial charge in [-0.3, -0.25) is 4.79 Å². The summed E-state index contributed by atoms with van der Waals surface area (Å²) < 4.78 is 0. The van der Waals surface area contributed by atoms with Crippen LogP contribution in [0, 0.1) is 0 Å². The van der Waals surface area contributed by atoms with E-state index in [2.05, 4.69) is 19.7 Å². The first-order valence-corrected chi connectivity index (χ1v) is 11.1. The Morgan fingerprint density at radius 1 is 0.963 bits per heavy atom. The summed E-state index contributed by atoms with van der Waals surface area (Å²) in [6, 6.07) is 4.33. The molecule has 1 atom stereocenters. The molecule has 0 N–H and O–H groups in total. The van der Waals surface area contributed by atoms with E-state index in [1.54, 1.807) is 0 Å². The third kappa shape index (κ3) is 4.63. The molecule has 0 aliphatic carbocycles. The molecule has 5 heteroatoms. The van der Waals surface area contributed by atoms with E-state index in [1.807, 2.05) is 18.3 Å². The minimum absolute atomic E-state index is 0.210. The highest BCUT2D eigenvalue weighted by Crippen LogP contribution is 2.25. The van der Waals surface area contributed by atoms with Crippen LogP contribution in [0.5, 0.6) is 0 Å². The standard InChI is InChI=1S/C22H34N4O/c27-22(19-9-11-23-21(18-19)25-14-3-1-4-15-25)26-16-5-2-8-20(26)10-17-24-12-6-7-13-24/h9,11,18,20H,1-8,10,12-17H2/t20-/m1/s1. The highest BCUT2D eigenvalue weighted by atomic mass is 16.2. The van der Waals surface area contributed by atoms with Crippen molar-refractivity contribution >= 4 is 11.7 Å². The van der Waals surface area contributed by atoms with Gasteiger partial charge >= 0.3 is 0 Å². The largest absolute Gasteiger partial charge is 0.357 e. The average molecular weight is 371 g/mol. The Morgan fingerprint density at radius 3 is 2.52 bits per heavy atom. The molecule has 0 aromatic carbocycles. The van der Waals surface area contributed by atoms with Gasteiger partial charge in [0.1, 0.15) is 5.82 Å². The number of amides is 1. The Bertz CT molecular complexity index is 622. The molecular weight excluding hydrogens is 336 g/mol. The SMILES string of the molecule is O=C(c1ccnc(N2CCCCC2)c1)N1CCCC[C@@H]1CCN1CCCC1. The predicted octanol–water partition coefficient (Wildman–Crippen LogP) is 3.55. The quantitative estimate of drug-likeness (QED) is 0.795. The number of piperidine rings is 2. The third-order valence-corrected chi connectivity index (χ3v) is 6.54. The van der Waals surface area contributed by atoms with Crippen LogP contribution in [0.2, 0.25) is 0 Å². The number of aromatic nitrogens is 1. The van der Waals surface area contributed by atoms with Gasteiger partial charge in [0, 0.05) is 44.0 Å². The van der Waals surface area contributed by atoms with Crippen molar-refractivity contribution in [2.45, 2.75) is 63.8 Å². The molecule has 1 aromatic heterocycles. The number of rotatable bonds is 5.